The van der Waals surface area contributed by atoms with Crippen molar-refractivity contribution >= 4 is 70.3 Å². The number of benzene rings is 1. The number of hydrogen-bond donors (Lipinski definition) is 1. The Kier molecular flexibility index (Phi) is 5.14. The van der Waals surface area contributed by atoms with Crippen molar-refractivity contribution in [2.75, 3.05) is 11.9 Å². The molecule has 154 valence electrons. The van der Waals surface area contributed by atoms with Gasteiger partial charge in [-0.05, 0) is 64.0 Å². The van der Waals surface area contributed by atoms with E-state index in [4.69, 9.17) is 0 Å². The Morgan fingerprint density at radius 2 is 2.10 bits per heavy atom. The summed E-state index contributed by atoms with van der Waals surface area (Å²) in [7, 11) is -3.47. The highest BCUT2D eigenvalue weighted by molar-refractivity contribution is 9.10. The second-order valence-corrected chi connectivity index (χ2v) is 12.1. The monoisotopic (exact) mass is 520 g/mol. The minimum absolute atomic E-state index is 0.365. The molecule has 3 aromatic heterocycles. The molecular formula is C20H17BrN4O2S3. The minimum atomic E-state index is -3.47. The van der Waals surface area contributed by atoms with Crippen molar-refractivity contribution < 1.29 is 8.42 Å². The van der Waals surface area contributed by atoms with Crippen LogP contribution in [-0.4, -0.2) is 29.2 Å². The molecule has 0 amide bonds. The van der Waals surface area contributed by atoms with Gasteiger partial charge in [-0.3, -0.25) is 0 Å². The van der Waals surface area contributed by atoms with Crippen LogP contribution in [0.2, 0.25) is 0 Å². The van der Waals surface area contributed by atoms with Crippen LogP contribution in [0.25, 0.3) is 10.2 Å². The van der Waals surface area contributed by atoms with Crippen molar-refractivity contribution in [1.82, 2.24) is 14.3 Å². The van der Waals surface area contributed by atoms with Crippen molar-refractivity contribution in [3.05, 3.63) is 62.5 Å². The van der Waals surface area contributed by atoms with E-state index in [1.165, 1.54) is 16.9 Å². The topological polar surface area (TPSA) is 75.2 Å². The number of aromatic nitrogens is 2. The van der Waals surface area contributed by atoms with Crippen molar-refractivity contribution in [2.24, 2.45) is 0 Å². The minimum Gasteiger partial charge on any atom is -0.339 e. The van der Waals surface area contributed by atoms with Gasteiger partial charge in [0.1, 0.15) is 21.2 Å². The summed E-state index contributed by atoms with van der Waals surface area (Å²) in [5, 5.41) is 6.20. The van der Waals surface area contributed by atoms with Gasteiger partial charge in [-0.25, -0.2) is 18.4 Å². The number of aryl methyl sites for hydroxylation is 1. The van der Waals surface area contributed by atoms with Gasteiger partial charge in [0.15, 0.2) is 0 Å². The number of thiophene rings is 2. The predicted molar refractivity (Wildman–Crippen MR) is 125 cm³/mol. The summed E-state index contributed by atoms with van der Waals surface area (Å²) in [6.45, 7) is 2.86. The van der Waals surface area contributed by atoms with Gasteiger partial charge in [0.05, 0.1) is 11.1 Å². The Balaban J connectivity index is 1.52. The van der Waals surface area contributed by atoms with Crippen LogP contribution in [0.1, 0.15) is 16.0 Å². The third-order valence-electron chi connectivity index (χ3n) is 5.07. The Bertz CT molecular complexity index is 1350. The second kappa shape index (κ2) is 7.69. The van der Waals surface area contributed by atoms with Crippen LogP contribution in [0.3, 0.4) is 0 Å². The van der Waals surface area contributed by atoms with Gasteiger partial charge in [0.25, 0.3) is 10.0 Å². The molecule has 1 aliphatic rings. The zero-order valence-electron chi connectivity index (χ0n) is 15.9. The van der Waals surface area contributed by atoms with Gasteiger partial charge in [-0.15, -0.1) is 22.7 Å². The molecule has 0 aliphatic carbocycles. The van der Waals surface area contributed by atoms with Crippen LogP contribution in [0.4, 0.5) is 11.5 Å². The fraction of sp³-hybridized carbons (Fsp3) is 0.200. The van der Waals surface area contributed by atoms with Crippen LogP contribution in [0, 0.1) is 6.92 Å². The summed E-state index contributed by atoms with van der Waals surface area (Å²) in [5.41, 5.74) is 3.23. The van der Waals surface area contributed by atoms with Crippen LogP contribution < -0.4 is 5.32 Å². The van der Waals surface area contributed by atoms with Crippen LogP contribution in [0.15, 0.2) is 50.7 Å². The Morgan fingerprint density at radius 3 is 2.87 bits per heavy atom. The summed E-state index contributed by atoms with van der Waals surface area (Å²) < 4.78 is 28.8. The normalized spacial score (nSPS) is 14.7. The zero-order valence-corrected chi connectivity index (χ0v) is 20.0. The summed E-state index contributed by atoms with van der Waals surface area (Å²) in [5.74, 6) is 0.747. The molecule has 1 aliphatic heterocycles. The second-order valence-electron chi connectivity index (χ2n) is 7.04. The molecule has 0 saturated heterocycles. The molecule has 6 nitrogen and oxygen atoms in total. The van der Waals surface area contributed by atoms with E-state index in [1.807, 2.05) is 19.1 Å². The SMILES string of the molecule is Cc1ccc(Nc2ncnc3sc4c(c23)CCN(S(=O)(=O)c2cccs2)C4)c(Br)c1. The standard InChI is InChI=1S/C20H17BrN4O2S3/c1-12-4-5-15(14(21)9-12)24-19-18-13-6-7-25(30(26,27)17-3-2-8-28-17)10-16(13)29-20(18)23-11-22-19/h2-5,8-9,11H,6-7,10H2,1H3,(H,22,23,24). The van der Waals surface area contributed by atoms with E-state index in [9.17, 15) is 8.42 Å². The first-order chi connectivity index (χ1) is 14.4. The smallest absolute Gasteiger partial charge is 0.252 e. The molecule has 0 saturated carbocycles. The third kappa shape index (κ3) is 3.46. The molecule has 30 heavy (non-hydrogen) atoms. The van der Waals surface area contributed by atoms with Gasteiger partial charge in [-0.1, -0.05) is 12.1 Å². The molecule has 4 aromatic rings. The number of sulfonamides is 1. The highest BCUT2D eigenvalue weighted by Crippen LogP contribution is 2.40. The van der Waals surface area contributed by atoms with Crippen LogP contribution >= 0.6 is 38.6 Å². The number of halogens is 1. The van der Waals surface area contributed by atoms with Gasteiger partial charge in [-0.2, -0.15) is 4.31 Å². The first kappa shape index (κ1) is 20.1. The lowest BCUT2D eigenvalue weighted by Crippen LogP contribution is -2.34. The van der Waals surface area contributed by atoms with Crippen molar-refractivity contribution in [2.45, 2.75) is 24.1 Å². The molecule has 0 spiro atoms. The lowest BCUT2D eigenvalue weighted by atomic mass is 10.1. The summed E-state index contributed by atoms with van der Waals surface area (Å²) >= 11 is 6.40. The molecule has 10 heteroatoms. The molecule has 4 heterocycles. The maximum atomic E-state index is 12.9. The van der Waals surface area contributed by atoms with E-state index >= 15 is 0 Å². The van der Waals surface area contributed by atoms with Crippen LogP contribution in [0.5, 0.6) is 0 Å². The van der Waals surface area contributed by atoms with E-state index in [2.05, 4.69) is 37.3 Å². The molecule has 0 radical (unpaired) electrons. The molecular weight excluding hydrogens is 504 g/mol. The average Bonchev–Trinajstić information content (AvgIpc) is 3.38. The molecule has 1 aromatic carbocycles. The summed E-state index contributed by atoms with van der Waals surface area (Å²) in [4.78, 5) is 10.8. The predicted octanol–water partition coefficient (Wildman–Crippen LogP) is 5.31. The number of hydrogen-bond acceptors (Lipinski definition) is 7. The van der Waals surface area contributed by atoms with Gasteiger partial charge >= 0.3 is 0 Å². The van der Waals surface area contributed by atoms with Gasteiger partial charge < -0.3 is 5.32 Å². The van der Waals surface area contributed by atoms with E-state index in [1.54, 1.807) is 39.5 Å². The molecule has 0 atom stereocenters. The molecule has 5 rings (SSSR count). The first-order valence-electron chi connectivity index (χ1n) is 9.25. The Labute approximate surface area is 190 Å². The lowest BCUT2D eigenvalue weighted by Gasteiger charge is -2.25. The number of fused-ring (bicyclic) bond motifs is 3. The van der Waals surface area contributed by atoms with E-state index in [0.29, 0.717) is 23.7 Å². The van der Waals surface area contributed by atoms with E-state index in [-0.39, 0.29) is 0 Å². The largest absolute Gasteiger partial charge is 0.339 e. The molecule has 0 bridgehead atoms. The van der Waals surface area contributed by atoms with E-state index in [0.717, 1.165) is 36.6 Å². The quantitative estimate of drug-likeness (QED) is 0.394. The van der Waals surface area contributed by atoms with Gasteiger partial charge in [0, 0.05) is 22.4 Å². The number of anilines is 2. The maximum Gasteiger partial charge on any atom is 0.252 e. The van der Waals surface area contributed by atoms with Crippen molar-refractivity contribution in [3.8, 4) is 0 Å². The van der Waals surface area contributed by atoms with E-state index < -0.39 is 10.0 Å². The van der Waals surface area contributed by atoms with Crippen LogP contribution in [-0.2, 0) is 23.0 Å². The summed E-state index contributed by atoms with van der Waals surface area (Å²) in [6.07, 6.45) is 2.19. The molecule has 0 unspecified atom stereocenters. The molecule has 0 fully saturated rings. The maximum absolute atomic E-state index is 12.9. The number of rotatable bonds is 4. The highest BCUT2D eigenvalue weighted by Gasteiger charge is 2.32. The van der Waals surface area contributed by atoms with Crippen molar-refractivity contribution in [1.29, 1.82) is 0 Å². The van der Waals surface area contributed by atoms with Crippen molar-refractivity contribution in [3.63, 3.8) is 0 Å². The number of nitrogens with one attached hydrogen (secondary N) is 1. The lowest BCUT2D eigenvalue weighted by molar-refractivity contribution is 0.397. The zero-order chi connectivity index (χ0) is 20.9. The fourth-order valence-corrected chi connectivity index (χ4v) is 8.02. The first-order valence-corrected chi connectivity index (χ1v) is 13.2. The fourth-order valence-electron chi connectivity index (χ4n) is 3.59. The number of nitrogens with zero attached hydrogens (tertiary/aromatic N) is 3. The Morgan fingerprint density at radius 1 is 1.23 bits per heavy atom. The third-order valence-corrected chi connectivity index (χ3v) is 10.1. The highest BCUT2D eigenvalue weighted by atomic mass is 79.9. The average molecular weight is 521 g/mol. The van der Waals surface area contributed by atoms with Gasteiger partial charge in [0.2, 0.25) is 0 Å². The molecule has 1 N–H and O–H groups in total. The summed E-state index contributed by atoms with van der Waals surface area (Å²) in [6, 6.07) is 9.54. The Hall–Kier alpha value is -1.85.